The Balaban J connectivity index is 4.21. The molecule has 72 valence electrons. The summed E-state index contributed by atoms with van der Waals surface area (Å²) in [6.07, 6.45) is 5.96. The van der Waals surface area contributed by atoms with Gasteiger partial charge < -0.3 is 0 Å². The molecular weight excluding hydrogens is 178 g/mol. The maximum Gasteiger partial charge on any atom is 0.0862 e. The molecular formula is C11H17NS. The van der Waals surface area contributed by atoms with E-state index < -0.39 is 0 Å². The van der Waals surface area contributed by atoms with E-state index in [0.717, 1.165) is 12.8 Å². The first-order valence-corrected chi connectivity index (χ1v) is 4.81. The Kier molecular flexibility index (Phi) is 5.52. The maximum absolute atomic E-state index is 4.59. The number of aliphatic imine (C=N–C) groups is 1. The summed E-state index contributed by atoms with van der Waals surface area (Å²) < 4.78 is 0. The molecule has 0 saturated carbocycles. The predicted molar refractivity (Wildman–Crippen MR) is 62.3 cm³/mol. The number of thiocarbonyl (C=S) groups is 1. The lowest BCUT2D eigenvalue weighted by Crippen LogP contribution is -2.17. The van der Waals surface area contributed by atoms with Crippen molar-refractivity contribution < 1.29 is 0 Å². The lowest BCUT2D eigenvalue weighted by Gasteiger charge is -2.17. The first-order valence-electron chi connectivity index (χ1n) is 4.40. The minimum absolute atomic E-state index is 0.242. The molecule has 0 saturated heterocycles. The van der Waals surface area contributed by atoms with Crippen molar-refractivity contribution >= 4 is 17.4 Å². The third-order valence-electron chi connectivity index (χ3n) is 1.94. The average Bonchev–Trinajstić information content (AvgIpc) is 2.04. The van der Waals surface area contributed by atoms with Gasteiger partial charge in [-0.3, -0.25) is 0 Å². The van der Waals surface area contributed by atoms with Crippen LogP contribution in [0.2, 0.25) is 0 Å². The van der Waals surface area contributed by atoms with Crippen molar-refractivity contribution in [1.82, 2.24) is 0 Å². The second kappa shape index (κ2) is 5.85. The van der Waals surface area contributed by atoms with Gasteiger partial charge in [-0.2, -0.15) is 0 Å². The van der Waals surface area contributed by atoms with Gasteiger partial charge in [0.05, 0.1) is 10.7 Å². The number of allylic oxidation sites excluding steroid dienone is 2. The molecule has 0 aromatic rings. The normalized spacial score (nSPS) is 13.8. The van der Waals surface area contributed by atoms with Crippen LogP contribution in [0.15, 0.2) is 29.3 Å². The molecule has 0 N–H and O–H groups in total. The van der Waals surface area contributed by atoms with Gasteiger partial charge in [0.2, 0.25) is 0 Å². The molecule has 1 nitrogen and oxygen atoms in total. The summed E-state index contributed by atoms with van der Waals surface area (Å²) in [6.45, 7) is 9.94. The number of isothiocyanates is 1. The van der Waals surface area contributed by atoms with E-state index in [4.69, 9.17) is 0 Å². The van der Waals surface area contributed by atoms with Crippen molar-refractivity contribution in [1.29, 1.82) is 0 Å². The highest BCUT2D eigenvalue weighted by Crippen LogP contribution is 2.18. The van der Waals surface area contributed by atoms with Crippen LogP contribution in [0.5, 0.6) is 0 Å². The SMILES string of the molecule is C=CC(C)(CCC=C(C)C)N=C=S. The van der Waals surface area contributed by atoms with Gasteiger partial charge >= 0.3 is 0 Å². The molecule has 1 atom stereocenters. The van der Waals surface area contributed by atoms with E-state index in [-0.39, 0.29) is 5.54 Å². The second-order valence-corrected chi connectivity index (χ2v) is 3.77. The predicted octanol–water partition coefficient (Wildman–Crippen LogP) is 3.78. The Labute approximate surface area is 86.3 Å². The van der Waals surface area contributed by atoms with Crippen molar-refractivity contribution in [2.75, 3.05) is 0 Å². The summed E-state index contributed by atoms with van der Waals surface area (Å²) in [5, 5.41) is 2.41. The van der Waals surface area contributed by atoms with Crippen molar-refractivity contribution in [3.05, 3.63) is 24.3 Å². The van der Waals surface area contributed by atoms with E-state index in [2.05, 4.69) is 48.9 Å². The van der Waals surface area contributed by atoms with Crippen LogP contribution in [-0.2, 0) is 0 Å². The summed E-state index contributed by atoms with van der Waals surface area (Å²) in [7, 11) is 0. The average molecular weight is 195 g/mol. The Bertz CT molecular complexity index is 245. The van der Waals surface area contributed by atoms with E-state index >= 15 is 0 Å². The Hall–Kier alpha value is -0.720. The molecule has 0 rings (SSSR count). The molecule has 1 unspecified atom stereocenters. The standard InChI is InChI=1S/C11H17NS/c1-5-11(4,12-9-13)8-6-7-10(2)3/h5,7H,1,6,8H2,2-4H3. The molecule has 0 fully saturated rings. The molecule has 0 heterocycles. The van der Waals surface area contributed by atoms with Crippen LogP contribution in [-0.4, -0.2) is 10.7 Å². The van der Waals surface area contributed by atoms with Gasteiger partial charge in [0.15, 0.2) is 0 Å². The van der Waals surface area contributed by atoms with E-state index in [1.54, 1.807) is 0 Å². The Morgan fingerprint density at radius 2 is 2.23 bits per heavy atom. The molecule has 0 aromatic carbocycles. The molecule has 13 heavy (non-hydrogen) atoms. The van der Waals surface area contributed by atoms with Crippen molar-refractivity contribution in [2.45, 2.75) is 39.2 Å². The summed E-state index contributed by atoms with van der Waals surface area (Å²) >= 11 is 4.59. The van der Waals surface area contributed by atoms with Crippen LogP contribution in [0.3, 0.4) is 0 Å². The minimum Gasteiger partial charge on any atom is -0.222 e. The van der Waals surface area contributed by atoms with E-state index in [0.29, 0.717) is 0 Å². The topological polar surface area (TPSA) is 12.4 Å². The fourth-order valence-electron chi connectivity index (χ4n) is 0.961. The van der Waals surface area contributed by atoms with Gasteiger partial charge in [-0.05, 0) is 45.8 Å². The quantitative estimate of drug-likeness (QED) is 0.369. The molecule has 0 amide bonds. The highest BCUT2D eigenvalue weighted by atomic mass is 32.1. The summed E-state index contributed by atoms with van der Waals surface area (Å²) in [5.41, 5.74) is 1.09. The molecule has 0 aliphatic rings. The Morgan fingerprint density at radius 3 is 2.62 bits per heavy atom. The third kappa shape index (κ3) is 5.51. The number of hydrogen-bond acceptors (Lipinski definition) is 2. The van der Waals surface area contributed by atoms with Gasteiger partial charge in [0, 0.05) is 0 Å². The first-order chi connectivity index (χ1) is 6.04. The lowest BCUT2D eigenvalue weighted by molar-refractivity contribution is 0.546. The largest absolute Gasteiger partial charge is 0.222 e. The van der Waals surface area contributed by atoms with Gasteiger partial charge in [0.1, 0.15) is 0 Å². The number of nitrogens with zero attached hydrogens (tertiary/aromatic N) is 1. The third-order valence-corrected chi connectivity index (χ3v) is 2.04. The van der Waals surface area contributed by atoms with Crippen LogP contribution in [0.1, 0.15) is 33.6 Å². The molecule has 0 bridgehead atoms. The minimum atomic E-state index is -0.242. The van der Waals surface area contributed by atoms with E-state index in [1.165, 1.54) is 5.57 Å². The van der Waals surface area contributed by atoms with Crippen molar-refractivity contribution in [3.8, 4) is 0 Å². The van der Waals surface area contributed by atoms with Crippen LogP contribution in [0.25, 0.3) is 0 Å². The maximum atomic E-state index is 4.59. The molecule has 0 aliphatic heterocycles. The molecule has 0 aliphatic carbocycles. The van der Waals surface area contributed by atoms with Gasteiger partial charge in [0.25, 0.3) is 0 Å². The summed E-state index contributed by atoms with van der Waals surface area (Å²) in [4.78, 5) is 4.09. The smallest absolute Gasteiger partial charge is 0.0862 e. The zero-order valence-corrected chi connectivity index (χ0v) is 9.45. The van der Waals surface area contributed by atoms with Crippen molar-refractivity contribution in [3.63, 3.8) is 0 Å². The van der Waals surface area contributed by atoms with Crippen LogP contribution in [0.4, 0.5) is 0 Å². The number of rotatable bonds is 5. The zero-order chi connectivity index (χ0) is 10.3. The highest BCUT2D eigenvalue weighted by molar-refractivity contribution is 7.78. The fraction of sp³-hybridized carbons (Fsp3) is 0.545. The molecule has 2 heteroatoms. The molecule has 0 aromatic heterocycles. The van der Waals surface area contributed by atoms with Crippen molar-refractivity contribution in [2.24, 2.45) is 4.99 Å². The van der Waals surface area contributed by atoms with E-state index in [1.807, 2.05) is 13.0 Å². The Morgan fingerprint density at radius 1 is 1.62 bits per heavy atom. The van der Waals surface area contributed by atoms with Crippen LogP contribution >= 0.6 is 12.2 Å². The highest BCUT2D eigenvalue weighted by Gasteiger charge is 2.16. The van der Waals surface area contributed by atoms with Gasteiger partial charge in [-0.15, -0.1) is 6.58 Å². The lowest BCUT2D eigenvalue weighted by atomic mass is 9.96. The number of hydrogen-bond donors (Lipinski definition) is 0. The fourth-order valence-corrected chi connectivity index (χ4v) is 1.17. The van der Waals surface area contributed by atoms with Gasteiger partial charge in [-0.25, -0.2) is 4.99 Å². The second-order valence-electron chi connectivity index (χ2n) is 3.58. The monoisotopic (exact) mass is 195 g/mol. The van der Waals surface area contributed by atoms with Crippen LogP contribution in [0, 0.1) is 0 Å². The van der Waals surface area contributed by atoms with Crippen LogP contribution < -0.4 is 0 Å². The van der Waals surface area contributed by atoms with E-state index in [9.17, 15) is 0 Å². The summed E-state index contributed by atoms with van der Waals surface area (Å²) in [6, 6.07) is 0. The molecule has 0 radical (unpaired) electrons. The van der Waals surface area contributed by atoms with Gasteiger partial charge in [-0.1, -0.05) is 17.7 Å². The molecule has 0 spiro atoms. The first kappa shape index (κ1) is 12.3. The zero-order valence-electron chi connectivity index (χ0n) is 8.63. The summed E-state index contributed by atoms with van der Waals surface area (Å²) in [5.74, 6) is 0.